The molecule has 0 atom stereocenters. The third-order valence-electron chi connectivity index (χ3n) is 2.46. The van der Waals surface area contributed by atoms with Crippen LogP contribution in [0.1, 0.15) is 15.9 Å². The highest BCUT2D eigenvalue weighted by Gasteiger charge is 2.17. The first-order chi connectivity index (χ1) is 6.79. The number of aryl methyl sites for hydroxylation is 1. The molecule has 0 aromatic heterocycles. The molecule has 70 valence electrons. The Morgan fingerprint density at radius 2 is 1.79 bits per heavy atom. The van der Waals surface area contributed by atoms with Crippen molar-refractivity contribution in [2.45, 2.75) is 6.92 Å². The molecule has 1 aromatic rings. The molecule has 1 aliphatic rings. The van der Waals surface area contributed by atoms with Gasteiger partial charge in [0.1, 0.15) is 0 Å². The maximum absolute atomic E-state index is 12.0. The molecule has 0 bridgehead atoms. The van der Waals surface area contributed by atoms with E-state index in [1.54, 1.807) is 0 Å². The number of hydrogen-bond acceptors (Lipinski definition) is 1. The quantitative estimate of drug-likeness (QED) is 0.646. The second-order valence-corrected chi connectivity index (χ2v) is 3.47. The highest BCUT2D eigenvalue weighted by atomic mass is 16.1. The molecule has 14 heavy (non-hydrogen) atoms. The van der Waals surface area contributed by atoms with Gasteiger partial charge in [-0.3, -0.25) is 4.79 Å². The highest BCUT2D eigenvalue weighted by molar-refractivity contribution is 6.01. The summed E-state index contributed by atoms with van der Waals surface area (Å²) < 4.78 is 0. The van der Waals surface area contributed by atoms with Crippen LogP contribution in [0, 0.1) is 12.8 Å². The van der Waals surface area contributed by atoms with Crippen LogP contribution in [0.15, 0.2) is 48.6 Å². The molecule has 1 heteroatoms. The van der Waals surface area contributed by atoms with Gasteiger partial charge in [-0.15, -0.1) is 0 Å². The van der Waals surface area contributed by atoms with Gasteiger partial charge in [0.05, 0.1) is 5.92 Å². The lowest BCUT2D eigenvalue weighted by Crippen LogP contribution is -2.10. The average Bonchev–Trinajstić information content (AvgIpc) is 2.70. The molecule has 1 nitrogen and oxygen atoms in total. The predicted octanol–water partition coefficient (Wildman–Crippen LogP) is 2.92. The zero-order chi connectivity index (χ0) is 9.97. The molecule has 0 fully saturated rings. The van der Waals surface area contributed by atoms with Crippen molar-refractivity contribution >= 4 is 5.78 Å². The lowest BCUT2D eigenvalue weighted by molar-refractivity contribution is 0.0965. The Bertz CT molecular complexity index is 401. The summed E-state index contributed by atoms with van der Waals surface area (Å²) in [6.07, 6.45) is 7.69. The SMILES string of the molecule is Cc1ccccc1C(=O)C1C=CC=C1. The Morgan fingerprint density at radius 3 is 2.43 bits per heavy atom. The average molecular weight is 184 g/mol. The first-order valence-electron chi connectivity index (χ1n) is 4.74. The largest absolute Gasteiger partial charge is 0.293 e. The second-order valence-electron chi connectivity index (χ2n) is 3.47. The van der Waals surface area contributed by atoms with Crippen LogP contribution >= 0.6 is 0 Å². The lowest BCUT2D eigenvalue weighted by atomic mass is 9.96. The minimum Gasteiger partial charge on any atom is -0.293 e. The molecule has 0 aliphatic heterocycles. The number of allylic oxidation sites excluding steroid dienone is 4. The topological polar surface area (TPSA) is 17.1 Å². The van der Waals surface area contributed by atoms with Crippen molar-refractivity contribution in [3.63, 3.8) is 0 Å². The fourth-order valence-corrected chi connectivity index (χ4v) is 1.64. The third kappa shape index (κ3) is 1.53. The van der Waals surface area contributed by atoms with Crippen LogP contribution in [0.2, 0.25) is 0 Å². The lowest BCUT2D eigenvalue weighted by Gasteiger charge is -2.07. The molecule has 0 amide bonds. The summed E-state index contributed by atoms with van der Waals surface area (Å²) in [5.41, 5.74) is 1.87. The van der Waals surface area contributed by atoms with E-state index in [9.17, 15) is 4.79 Å². The second kappa shape index (κ2) is 3.62. The van der Waals surface area contributed by atoms with Gasteiger partial charge < -0.3 is 0 Å². The molecule has 0 N–H and O–H groups in total. The van der Waals surface area contributed by atoms with Gasteiger partial charge in [-0.2, -0.15) is 0 Å². The Hall–Kier alpha value is -1.63. The number of rotatable bonds is 2. The van der Waals surface area contributed by atoms with Crippen LogP contribution < -0.4 is 0 Å². The van der Waals surface area contributed by atoms with Gasteiger partial charge >= 0.3 is 0 Å². The molecule has 0 spiro atoms. The number of carbonyl (C=O) groups is 1. The van der Waals surface area contributed by atoms with Gasteiger partial charge in [0.15, 0.2) is 5.78 Å². The molecule has 1 aliphatic carbocycles. The zero-order valence-electron chi connectivity index (χ0n) is 8.10. The fourth-order valence-electron chi connectivity index (χ4n) is 1.64. The monoisotopic (exact) mass is 184 g/mol. The maximum atomic E-state index is 12.0. The van der Waals surface area contributed by atoms with Crippen molar-refractivity contribution < 1.29 is 4.79 Å². The van der Waals surface area contributed by atoms with E-state index in [1.807, 2.05) is 55.5 Å². The summed E-state index contributed by atoms with van der Waals surface area (Å²) in [4.78, 5) is 12.0. The van der Waals surface area contributed by atoms with E-state index in [0.29, 0.717) is 0 Å². The Morgan fingerprint density at radius 1 is 1.14 bits per heavy atom. The van der Waals surface area contributed by atoms with Gasteiger partial charge in [0.2, 0.25) is 0 Å². The van der Waals surface area contributed by atoms with E-state index in [4.69, 9.17) is 0 Å². The van der Waals surface area contributed by atoms with Gasteiger partial charge in [0, 0.05) is 5.56 Å². The van der Waals surface area contributed by atoms with Gasteiger partial charge in [-0.05, 0) is 12.5 Å². The van der Waals surface area contributed by atoms with E-state index in [-0.39, 0.29) is 11.7 Å². The van der Waals surface area contributed by atoms with Gasteiger partial charge in [-0.25, -0.2) is 0 Å². The molecule has 0 unspecified atom stereocenters. The summed E-state index contributed by atoms with van der Waals surface area (Å²) in [5, 5.41) is 0. The van der Waals surface area contributed by atoms with Crippen LogP contribution in [-0.4, -0.2) is 5.78 Å². The predicted molar refractivity (Wildman–Crippen MR) is 57.3 cm³/mol. The summed E-state index contributed by atoms with van der Waals surface area (Å²) in [6, 6.07) is 7.71. The van der Waals surface area contributed by atoms with E-state index in [1.165, 1.54) is 0 Å². The van der Waals surface area contributed by atoms with Crippen molar-refractivity contribution in [2.24, 2.45) is 5.92 Å². The Kier molecular flexibility index (Phi) is 2.32. The molecule has 0 saturated heterocycles. The van der Waals surface area contributed by atoms with Crippen molar-refractivity contribution in [1.29, 1.82) is 0 Å². The van der Waals surface area contributed by atoms with Crippen molar-refractivity contribution in [3.05, 3.63) is 59.7 Å². The molecule has 0 radical (unpaired) electrons. The highest BCUT2D eigenvalue weighted by Crippen LogP contribution is 2.18. The Balaban J connectivity index is 2.31. The van der Waals surface area contributed by atoms with Crippen LogP contribution in [0.4, 0.5) is 0 Å². The Labute approximate surface area is 83.8 Å². The normalized spacial score (nSPS) is 14.9. The number of benzene rings is 1. The third-order valence-corrected chi connectivity index (χ3v) is 2.46. The summed E-state index contributed by atoms with van der Waals surface area (Å²) in [7, 11) is 0. The summed E-state index contributed by atoms with van der Waals surface area (Å²) in [5.74, 6) is 0.129. The van der Waals surface area contributed by atoms with Crippen LogP contribution in [0.25, 0.3) is 0 Å². The molecule has 0 heterocycles. The fraction of sp³-hybridized carbons (Fsp3) is 0.154. The van der Waals surface area contributed by atoms with Gasteiger partial charge in [0.25, 0.3) is 0 Å². The molecule has 1 aromatic carbocycles. The number of carbonyl (C=O) groups excluding carboxylic acids is 1. The number of Topliss-reactive ketones (excluding diaryl/α,β-unsaturated/α-hetero) is 1. The molecular weight excluding hydrogens is 172 g/mol. The minimum absolute atomic E-state index is 0.0592. The van der Waals surface area contributed by atoms with Crippen LogP contribution in [-0.2, 0) is 0 Å². The van der Waals surface area contributed by atoms with Crippen LogP contribution in [0.5, 0.6) is 0 Å². The van der Waals surface area contributed by atoms with E-state index >= 15 is 0 Å². The minimum atomic E-state index is -0.0592. The summed E-state index contributed by atoms with van der Waals surface area (Å²) in [6.45, 7) is 1.97. The van der Waals surface area contributed by atoms with E-state index in [0.717, 1.165) is 11.1 Å². The smallest absolute Gasteiger partial charge is 0.173 e. The zero-order valence-corrected chi connectivity index (χ0v) is 8.10. The first kappa shape index (κ1) is 8.95. The number of hydrogen-bond donors (Lipinski definition) is 0. The van der Waals surface area contributed by atoms with Crippen molar-refractivity contribution in [2.75, 3.05) is 0 Å². The standard InChI is InChI=1S/C13H12O/c1-10-6-2-5-9-12(10)13(14)11-7-3-4-8-11/h2-9,11H,1H3. The van der Waals surface area contributed by atoms with Crippen molar-refractivity contribution in [1.82, 2.24) is 0 Å². The first-order valence-corrected chi connectivity index (χ1v) is 4.74. The van der Waals surface area contributed by atoms with Crippen molar-refractivity contribution in [3.8, 4) is 0 Å². The summed E-state index contributed by atoms with van der Waals surface area (Å²) >= 11 is 0. The molecular formula is C13H12O. The molecule has 2 rings (SSSR count). The van der Waals surface area contributed by atoms with E-state index in [2.05, 4.69) is 0 Å². The maximum Gasteiger partial charge on any atom is 0.173 e. The van der Waals surface area contributed by atoms with Gasteiger partial charge in [-0.1, -0.05) is 48.6 Å². The van der Waals surface area contributed by atoms with Crippen LogP contribution in [0.3, 0.4) is 0 Å². The number of ketones is 1. The van der Waals surface area contributed by atoms with E-state index < -0.39 is 0 Å². The molecule has 0 saturated carbocycles.